The van der Waals surface area contributed by atoms with Crippen LogP contribution in [-0.4, -0.2) is 21.7 Å². The number of Topliss-reactive ketones (excluding diaryl/α,β-unsaturated/α-hetero) is 1. The monoisotopic (exact) mass is 491 g/mol. The van der Waals surface area contributed by atoms with Crippen molar-refractivity contribution >= 4 is 28.2 Å². The highest BCUT2D eigenvalue weighted by Gasteiger charge is 2.47. The number of alkyl halides is 3. The molecule has 1 aromatic heterocycles. The van der Waals surface area contributed by atoms with Crippen LogP contribution in [-0.2, 0) is 22.3 Å². The molecule has 0 aliphatic carbocycles. The molecule has 1 fully saturated rings. The van der Waals surface area contributed by atoms with Crippen LogP contribution in [0.5, 0.6) is 0 Å². The molecule has 1 saturated heterocycles. The molecule has 8 heteroatoms. The highest BCUT2D eigenvalue weighted by molar-refractivity contribution is 6.46. The number of halogens is 3. The van der Waals surface area contributed by atoms with Crippen molar-refractivity contribution in [3.8, 4) is 0 Å². The molecule has 1 unspecified atom stereocenters. The molecule has 5 nitrogen and oxygen atoms in total. The van der Waals surface area contributed by atoms with Crippen LogP contribution in [0.2, 0.25) is 0 Å². The zero-order valence-corrected chi connectivity index (χ0v) is 19.0. The summed E-state index contributed by atoms with van der Waals surface area (Å²) in [4.78, 5) is 27.4. The summed E-state index contributed by atoms with van der Waals surface area (Å²) in [7, 11) is 0. The molecule has 0 radical (unpaired) electrons. The van der Waals surface area contributed by atoms with Crippen molar-refractivity contribution in [1.82, 2.24) is 4.90 Å². The molecular formula is C28H20F3NO4. The fourth-order valence-corrected chi connectivity index (χ4v) is 4.47. The Balaban J connectivity index is 1.62. The lowest BCUT2D eigenvalue weighted by atomic mass is 9.97. The number of amides is 1. The molecule has 1 aliphatic heterocycles. The van der Waals surface area contributed by atoms with E-state index in [1.807, 2.05) is 24.3 Å². The van der Waals surface area contributed by atoms with Gasteiger partial charge in [-0.05, 0) is 53.6 Å². The number of carbonyl (C=O) groups is 2. The third-order valence-corrected chi connectivity index (χ3v) is 6.20. The first kappa shape index (κ1) is 23.4. The molecule has 0 saturated carbocycles. The molecule has 1 atom stereocenters. The van der Waals surface area contributed by atoms with Crippen LogP contribution in [0.3, 0.4) is 0 Å². The quantitative estimate of drug-likeness (QED) is 0.204. The van der Waals surface area contributed by atoms with Crippen molar-refractivity contribution in [1.29, 1.82) is 0 Å². The predicted molar refractivity (Wildman–Crippen MR) is 127 cm³/mol. The molecule has 5 rings (SSSR count). The number of aliphatic hydroxyl groups is 1. The highest BCUT2D eigenvalue weighted by Crippen LogP contribution is 2.41. The van der Waals surface area contributed by atoms with Gasteiger partial charge in [0.2, 0.25) is 0 Å². The number of nitrogens with zero attached hydrogens (tertiary/aromatic N) is 1. The maximum absolute atomic E-state index is 13.2. The van der Waals surface area contributed by atoms with Gasteiger partial charge in [-0.15, -0.1) is 0 Å². The molecule has 2 heterocycles. The maximum Gasteiger partial charge on any atom is 0.416 e. The summed E-state index contributed by atoms with van der Waals surface area (Å²) < 4.78 is 45.4. The summed E-state index contributed by atoms with van der Waals surface area (Å²) in [6.45, 7) is 1.40. The van der Waals surface area contributed by atoms with Crippen LogP contribution in [0, 0.1) is 6.92 Å². The van der Waals surface area contributed by atoms with Gasteiger partial charge >= 0.3 is 6.18 Å². The summed E-state index contributed by atoms with van der Waals surface area (Å²) >= 11 is 0. The lowest BCUT2D eigenvalue weighted by molar-refractivity contribution is -0.140. The van der Waals surface area contributed by atoms with Gasteiger partial charge in [-0.25, -0.2) is 0 Å². The molecule has 1 aliphatic rings. The van der Waals surface area contributed by atoms with Crippen LogP contribution in [0.1, 0.15) is 34.3 Å². The first-order chi connectivity index (χ1) is 17.1. The minimum Gasteiger partial charge on any atom is -0.507 e. The van der Waals surface area contributed by atoms with Crippen molar-refractivity contribution in [2.75, 3.05) is 0 Å². The number of rotatable bonds is 4. The standard InChI is InChI=1S/C28H20F3NO4/c1-16-9-12-22(36-16)24-23(25(33)20-11-10-18-6-2-3-7-19(18)14-20)26(34)27(35)32(24)15-17-5-4-8-21(13-17)28(29,30)31/h2-14,24,33H,15H2,1H3/b25-23-. The first-order valence-electron chi connectivity index (χ1n) is 11.1. The molecule has 0 bridgehead atoms. The molecule has 3 aromatic carbocycles. The number of furan rings is 1. The van der Waals surface area contributed by atoms with E-state index in [2.05, 4.69) is 0 Å². The summed E-state index contributed by atoms with van der Waals surface area (Å²) in [5.41, 5.74) is -0.528. The van der Waals surface area contributed by atoms with Crippen LogP contribution in [0.15, 0.2) is 88.9 Å². The average molecular weight is 491 g/mol. The third kappa shape index (κ3) is 4.15. The van der Waals surface area contributed by atoms with Gasteiger partial charge in [-0.3, -0.25) is 9.59 Å². The molecule has 4 aromatic rings. The van der Waals surface area contributed by atoms with Gasteiger partial charge in [-0.1, -0.05) is 48.5 Å². The number of fused-ring (bicyclic) bond motifs is 1. The van der Waals surface area contributed by atoms with Gasteiger partial charge in [-0.2, -0.15) is 13.2 Å². The highest BCUT2D eigenvalue weighted by atomic mass is 19.4. The molecule has 0 spiro atoms. The minimum atomic E-state index is -4.56. The van der Waals surface area contributed by atoms with Crippen LogP contribution < -0.4 is 0 Å². The number of aryl methyl sites for hydroxylation is 1. The number of hydrogen-bond acceptors (Lipinski definition) is 4. The Morgan fingerprint density at radius 2 is 1.69 bits per heavy atom. The van der Waals surface area contributed by atoms with Crippen LogP contribution >= 0.6 is 0 Å². The first-order valence-corrected chi connectivity index (χ1v) is 11.1. The van der Waals surface area contributed by atoms with E-state index in [4.69, 9.17) is 4.42 Å². The lowest BCUT2D eigenvalue weighted by Gasteiger charge is -2.24. The molecule has 36 heavy (non-hydrogen) atoms. The Hall–Kier alpha value is -4.33. The molecule has 1 N–H and O–H groups in total. The zero-order chi connectivity index (χ0) is 25.6. The van der Waals surface area contributed by atoms with Crippen LogP contribution in [0.4, 0.5) is 13.2 Å². The fraction of sp³-hybridized carbons (Fsp3) is 0.143. The fourth-order valence-electron chi connectivity index (χ4n) is 4.47. The molecule has 1 amide bonds. The van der Waals surface area contributed by atoms with Crippen molar-refractivity contribution in [2.24, 2.45) is 0 Å². The Morgan fingerprint density at radius 3 is 2.39 bits per heavy atom. The number of hydrogen-bond donors (Lipinski definition) is 1. The van der Waals surface area contributed by atoms with Gasteiger partial charge in [0.25, 0.3) is 11.7 Å². The second kappa shape index (κ2) is 8.71. The summed E-state index contributed by atoms with van der Waals surface area (Å²) in [6, 6.07) is 19.3. The van der Waals surface area contributed by atoms with E-state index in [1.54, 1.807) is 37.3 Å². The van der Waals surface area contributed by atoms with E-state index < -0.39 is 29.5 Å². The normalized spacial score (nSPS) is 17.8. The van der Waals surface area contributed by atoms with E-state index in [0.717, 1.165) is 27.8 Å². The largest absolute Gasteiger partial charge is 0.507 e. The Kier molecular flexibility index (Phi) is 5.67. The maximum atomic E-state index is 13.2. The van der Waals surface area contributed by atoms with E-state index in [-0.39, 0.29) is 29.2 Å². The van der Waals surface area contributed by atoms with Crippen molar-refractivity contribution in [2.45, 2.75) is 25.7 Å². The third-order valence-electron chi connectivity index (χ3n) is 6.20. The van der Waals surface area contributed by atoms with E-state index in [9.17, 15) is 27.9 Å². The summed E-state index contributed by atoms with van der Waals surface area (Å²) in [6.07, 6.45) is -4.56. The minimum absolute atomic E-state index is 0.184. The average Bonchev–Trinajstić information content (AvgIpc) is 3.39. The SMILES string of the molecule is Cc1ccc(C2/C(=C(/O)c3ccc4ccccc4c3)C(=O)C(=O)N2Cc2cccc(C(F)(F)F)c2)o1. The Labute approximate surface area is 204 Å². The number of benzene rings is 3. The number of likely N-dealkylation sites (tertiary alicyclic amines) is 1. The molecule has 182 valence electrons. The molecular weight excluding hydrogens is 471 g/mol. The number of carbonyl (C=O) groups excluding carboxylic acids is 2. The zero-order valence-electron chi connectivity index (χ0n) is 19.0. The van der Waals surface area contributed by atoms with Gasteiger partial charge in [0.05, 0.1) is 11.1 Å². The topological polar surface area (TPSA) is 70.8 Å². The summed E-state index contributed by atoms with van der Waals surface area (Å²) in [5, 5.41) is 13.0. The number of ketones is 1. The Morgan fingerprint density at radius 1 is 0.944 bits per heavy atom. The second-order valence-corrected chi connectivity index (χ2v) is 8.64. The van der Waals surface area contributed by atoms with Gasteiger partial charge < -0.3 is 14.4 Å². The van der Waals surface area contributed by atoms with Gasteiger partial charge in [0, 0.05) is 12.1 Å². The lowest BCUT2D eigenvalue weighted by Crippen LogP contribution is -2.29. The van der Waals surface area contributed by atoms with Gasteiger partial charge in [0.15, 0.2) is 0 Å². The van der Waals surface area contributed by atoms with E-state index in [1.165, 1.54) is 12.1 Å². The van der Waals surface area contributed by atoms with E-state index in [0.29, 0.717) is 11.3 Å². The predicted octanol–water partition coefficient (Wildman–Crippen LogP) is 6.38. The van der Waals surface area contributed by atoms with Crippen molar-refractivity contribution < 1.29 is 32.3 Å². The number of aliphatic hydroxyl groups excluding tert-OH is 1. The van der Waals surface area contributed by atoms with Crippen LogP contribution in [0.25, 0.3) is 16.5 Å². The van der Waals surface area contributed by atoms with E-state index >= 15 is 0 Å². The van der Waals surface area contributed by atoms with Crippen molar-refractivity contribution in [3.63, 3.8) is 0 Å². The second-order valence-electron chi connectivity index (χ2n) is 8.64. The van der Waals surface area contributed by atoms with Gasteiger partial charge in [0.1, 0.15) is 23.3 Å². The van der Waals surface area contributed by atoms with Crippen molar-refractivity contribution in [3.05, 3.63) is 113 Å². The smallest absolute Gasteiger partial charge is 0.416 e. The Bertz CT molecular complexity index is 1530. The summed E-state index contributed by atoms with van der Waals surface area (Å²) in [5.74, 6) is -1.52.